The third kappa shape index (κ3) is 6.81. The molecule has 38 heavy (non-hydrogen) atoms. The summed E-state index contributed by atoms with van der Waals surface area (Å²) in [6.45, 7) is 5.97. The Bertz CT molecular complexity index is 1400. The summed E-state index contributed by atoms with van der Waals surface area (Å²) in [5.41, 5.74) is 3.03. The van der Waals surface area contributed by atoms with Gasteiger partial charge in [0.15, 0.2) is 6.61 Å². The van der Waals surface area contributed by atoms with E-state index in [1.165, 1.54) is 0 Å². The molecule has 0 aliphatic rings. The molecule has 1 N–H and O–H groups in total. The quantitative estimate of drug-likeness (QED) is 0.237. The summed E-state index contributed by atoms with van der Waals surface area (Å²) in [4.78, 5) is 29.0. The molecular formula is C32H33BrN2O3. The van der Waals surface area contributed by atoms with Gasteiger partial charge in [-0.1, -0.05) is 84.9 Å². The van der Waals surface area contributed by atoms with Gasteiger partial charge >= 0.3 is 0 Å². The fourth-order valence-electron chi connectivity index (χ4n) is 4.45. The third-order valence-corrected chi connectivity index (χ3v) is 7.30. The van der Waals surface area contributed by atoms with Gasteiger partial charge in [0.2, 0.25) is 5.91 Å². The van der Waals surface area contributed by atoms with E-state index in [2.05, 4.69) is 21.2 Å². The second kappa shape index (κ2) is 12.7. The van der Waals surface area contributed by atoms with Crippen molar-refractivity contribution in [1.29, 1.82) is 0 Å². The molecule has 0 aromatic heterocycles. The number of ether oxygens (including phenoxy) is 1. The first-order valence-electron chi connectivity index (χ1n) is 12.8. The number of fused-ring (bicyclic) bond motifs is 1. The molecule has 0 saturated heterocycles. The molecule has 0 bridgehead atoms. The average molecular weight is 574 g/mol. The number of hydrogen-bond acceptors (Lipinski definition) is 3. The van der Waals surface area contributed by atoms with Crippen LogP contribution in [0.1, 0.15) is 30.5 Å². The molecule has 4 aromatic rings. The van der Waals surface area contributed by atoms with Crippen LogP contribution in [0.4, 0.5) is 0 Å². The smallest absolute Gasteiger partial charge is 0.261 e. The van der Waals surface area contributed by atoms with Crippen LogP contribution in [0.2, 0.25) is 0 Å². The van der Waals surface area contributed by atoms with Crippen LogP contribution < -0.4 is 10.1 Å². The predicted molar refractivity (Wildman–Crippen MR) is 156 cm³/mol. The predicted octanol–water partition coefficient (Wildman–Crippen LogP) is 6.45. The first kappa shape index (κ1) is 27.4. The number of benzene rings is 4. The minimum Gasteiger partial charge on any atom is -0.483 e. The van der Waals surface area contributed by atoms with Crippen molar-refractivity contribution >= 4 is 38.5 Å². The van der Waals surface area contributed by atoms with E-state index in [-0.39, 0.29) is 24.5 Å². The van der Waals surface area contributed by atoms with Crippen molar-refractivity contribution in [2.24, 2.45) is 0 Å². The number of rotatable bonds is 10. The molecule has 0 unspecified atom stereocenters. The molecular weight excluding hydrogens is 540 g/mol. The normalized spacial score (nSPS) is 11.8. The third-order valence-electron chi connectivity index (χ3n) is 6.48. The molecule has 0 radical (unpaired) electrons. The second-order valence-electron chi connectivity index (χ2n) is 9.70. The van der Waals surface area contributed by atoms with Crippen LogP contribution >= 0.6 is 15.9 Å². The lowest BCUT2D eigenvalue weighted by atomic mass is 10.0. The summed E-state index contributed by atoms with van der Waals surface area (Å²) in [6, 6.07) is 28.8. The lowest BCUT2D eigenvalue weighted by molar-refractivity contribution is -0.143. The van der Waals surface area contributed by atoms with Crippen molar-refractivity contribution in [3.63, 3.8) is 0 Å². The van der Waals surface area contributed by atoms with E-state index < -0.39 is 6.04 Å². The molecule has 4 rings (SSSR count). The van der Waals surface area contributed by atoms with Crippen LogP contribution in [0.25, 0.3) is 10.8 Å². The van der Waals surface area contributed by atoms with Crippen molar-refractivity contribution in [3.8, 4) is 5.75 Å². The second-order valence-corrected chi connectivity index (χ2v) is 10.5. The summed E-state index contributed by atoms with van der Waals surface area (Å²) in [6.07, 6.45) is 0.399. The lowest BCUT2D eigenvalue weighted by Crippen LogP contribution is -2.52. The molecule has 6 heteroatoms. The van der Waals surface area contributed by atoms with E-state index in [0.717, 1.165) is 31.9 Å². The zero-order valence-electron chi connectivity index (χ0n) is 22.0. The highest BCUT2D eigenvalue weighted by molar-refractivity contribution is 9.10. The molecule has 5 nitrogen and oxygen atoms in total. The summed E-state index contributed by atoms with van der Waals surface area (Å²) in [5.74, 6) is 0.143. The summed E-state index contributed by atoms with van der Waals surface area (Å²) < 4.78 is 6.85. The molecule has 2 amide bonds. The van der Waals surface area contributed by atoms with E-state index in [1.807, 2.05) is 112 Å². The van der Waals surface area contributed by atoms with Crippen LogP contribution in [-0.4, -0.2) is 35.4 Å². The first-order chi connectivity index (χ1) is 18.3. The average Bonchev–Trinajstić information content (AvgIpc) is 2.91. The standard InChI is InChI=1S/C32H33BrN2O3/c1-22(2)34-32(37)28(19-24-12-5-4-6-13-24)35(20-26-15-8-7-11-23(26)3)30(36)21-38-29-18-17-25-14-9-10-16-27(25)31(29)33/h4-18,22,28H,19-21H2,1-3H3,(H,34,37)/t28-/m1/s1. The molecule has 0 fully saturated rings. The van der Waals surface area contributed by atoms with Crippen molar-refractivity contribution < 1.29 is 14.3 Å². The fraction of sp³-hybridized carbons (Fsp3) is 0.250. The van der Waals surface area contributed by atoms with Crippen LogP contribution in [0, 0.1) is 6.92 Å². The van der Waals surface area contributed by atoms with Gasteiger partial charge < -0.3 is 15.0 Å². The zero-order chi connectivity index (χ0) is 27.1. The van der Waals surface area contributed by atoms with Crippen molar-refractivity contribution in [1.82, 2.24) is 10.2 Å². The Hall–Kier alpha value is -3.64. The number of nitrogens with one attached hydrogen (secondary N) is 1. The SMILES string of the molecule is Cc1ccccc1CN(C(=O)COc1ccc2ccccc2c1Br)[C@H](Cc1ccccc1)C(=O)NC(C)C. The molecule has 0 saturated carbocycles. The number of halogens is 1. The molecule has 0 spiro atoms. The zero-order valence-corrected chi connectivity index (χ0v) is 23.6. The highest BCUT2D eigenvalue weighted by Crippen LogP contribution is 2.33. The maximum atomic E-state index is 13.8. The Kier molecular flexibility index (Phi) is 9.19. The number of amides is 2. The van der Waals surface area contributed by atoms with Gasteiger partial charge in [-0.25, -0.2) is 0 Å². The van der Waals surface area contributed by atoms with E-state index in [4.69, 9.17) is 4.74 Å². The molecule has 196 valence electrons. The summed E-state index contributed by atoms with van der Waals surface area (Å²) in [7, 11) is 0. The highest BCUT2D eigenvalue weighted by Gasteiger charge is 2.31. The van der Waals surface area contributed by atoms with Gasteiger partial charge in [0, 0.05) is 19.0 Å². The summed E-state index contributed by atoms with van der Waals surface area (Å²) in [5, 5.41) is 5.10. The highest BCUT2D eigenvalue weighted by atomic mass is 79.9. The number of carbonyl (C=O) groups excluding carboxylic acids is 2. The van der Waals surface area contributed by atoms with Gasteiger partial charge in [-0.15, -0.1) is 0 Å². The van der Waals surface area contributed by atoms with Crippen molar-refractivity contribution in [3.05, 3.63) is 112 Å². The van der Waals surface area contributed by atoms with E-state index >= 15 is 0 Å². The number of hydrogen-bond donors (Lipinski definition) is 1. The van der Waals surface area contributed by atoms with E-state index in [9.17, 15) is 9.59 Å². The minimum absolute atomic E-state index is 0.0546. The van der Waals surface area contributed by atoms with Gasteiger partial charge in [-0.2, -0.15) is 0 Å². The number of nitrogens with zero attached hydrogens (tertiary/aromatic N) is 1. The Morgan fingerprint density at radius 2 is 1.58 bits per heavy atom. The summed E-state index contributed by atoms with van der Waals surface area (Å²) >= 11 is 3.64. The van der Waals surface area contributed by atoms with E-state index in [0.29, 0.717) is 18.7 Å². The van der Waals surface area contributed by atoms with Gasteiger partial charge in [-0.05, 0) is 70.2 Å². The fourth-order valence-corrected chi connectivity index (χ4v) is 5.06. The van der Waals surface area contributed by atoms with Crippen LogP contribution in [0.5, 0.6) is 5.75 Å². The molecule has 0 heterocycles. The largest absolute Gasteiger partial charge is 0.483 e. The molecule has 1 atom stereocenters. The first-order valence-corrected chi connectivity index (χ1v) is 13.6. The van der Waals surface area contributed by atoms with Crippen molar-refractivity contribution in [2.45, 2.75) is 45.8 Å². The Morgan fingerprint density at radius 3 is 2.32 bits per heavy atom. The molecule has 0 aliphatic carbocycles. The lowest BCUT2D eigenvalue weighted by Gasteiger charge is -2.32. The maximum absolute atomic E-state index is 13.8. The Balaban J connectivity index is 1.65. The Labute approximate surface area is 232 Å². The van der Waals surface area contributed by atoms with Crippen LogP contribution in [0.3, 0.4) is 0 Å². The van der Waals surface area contributed by atoms with Crippen molar-refractivity contribution in [2.75, 3.05) is 6.61 Å². The van der Waals surface area contributed by atoms with Gasteiger partial charge in [0.25, 0.3) is 5.91 Å². The molecule has 0 aliphatic heterocycles. The monoisotopic (exact) mass is 572 g/mol. The van der Waals surface area contributed by atoms with Gasteiger partial charge in [-0.3, -0.25) is 9.59 Å². The van der Waals surface area contributed by atoms with Crippen LogP contribution in [-0.2, 0) is 22.6 Å². The topological polar surface area (TPSA) is 58.6 Å². The number of aryl methyl sites for hydroxylation is 1. The molecule has 4 aromatic carbocycles. The number of carbonyl (C=O) groups is 2. The minimum atomic E-state index is -0.699. The van der Waals surface area contributed by atoms with Gasteiger partial charge in [0.05, 0.1) is 4.47 Å². The van der Waals surface area contributed by atoms with Crippen LogP contribution in [0.15, 0.2) is 95.5 Å². The van der Waals surface area contributed by atoms with Gasteiger partial charge in [0.1, 0.15) is 11.8 Å². The van der Waals surface area contributed by atoms with E-state index in [1.54, 1.807) is 4.90 Å². The Morgan fingerprint density at radius 1 is 0.895 bits per heavy atom. The maximum Gasteiger partial charge on any atom is 0.261 e.